The zero-order chi connectivity index (χ0) is 47.4. The van der Waals surface area contributed by atoms with Gasteiger partial charge in [0, 0.05) is 49.6 Å². The summed E-state index contributed by atoms with van der Waals surface area (Å²) in [6.45, 7) is 28.6. The summed E-state index contributed by atoms with van der Waals surface area (Å²) >= 11 is 0. The molecule has 1 atom stereocenters. The highest BCUT2D eigenvalue weighted by molar-refractivity contribution is 6.14. The number of ether oxygens (including phenoxy) is 3. The van der Waals surface area contributed by atoms with E-state index < -0.39 is 64.6 Å². The van der Waals surface area contributed by atoms with Crippen LogP contribution in [0.15, 0.2) is 30.4 Å². The number of esters is 1. The van der Waals surface area contributed by atoms with E-state index in [1.54, 1.807) is 40.7 Å². The first kappa shape index (κ1) is 53.5. The number of hydrogen-bond donors (Lipinski definition) is 3. The second kappa shape index (κ2) is 22.1. The highest BCUT2D eigenvalue weighted by atomic mass is 16.5. The fourth-order valence-electron chi connectivity index (χ4n) is 6.40. The molecule has 0 saturated heterocycles. The Morgan fingerprint density at radius 3 is 1.85 bits per heavy atom. The Bertz CT molecular complexity index is 1780. The van der Waals surface area contributed by atoms with Crippen LogP contribution in [-0.4, -0.2) is 107 Å². The minimum Gasteiger partial charge on any atom is -0.460 e. The van der Waals surface area contributed by atoms with E-state index in [9.17, 15) is 33.6 Å². The number of nitrogens with one attached hydrogen (secondary N) is 3. The topological polar surface area (TPSA) is 190 Å². The van der Waals surface area contributed by atoms with Crippen molar-refractivity contribution < 1.29 is 47.8 Å². The Labute approximate surface area is 369 Å². The van der Waals surface area contributed by atoms with E-state index in [2.05, 4.69) is 29.8 Å². The van der Waals surface area contributed by atoms with Crippen LogP contribution >= 0.6 is 0 Å². The van der Waals surface area contributed by atoms with E-state index >= 15 is 0 Å². The van der Waals surface area contributed by atoms with Gasteiger partial charge in [0.1, 0.15) is 19.2 Å². The second-order valence-corrected chi connectivity index (χ2v) is 20.8. The average Bonchev–Trinajstić information content (AvgIpc) is 3.42. The van der Waals surface area contributed by atoms with Gasteiger partial charge in [-0.25, -0.2) is 0 Å². The molecule has 1 heterocycles. The normalized spacial score (nSPS) is 14.2. The summed E-state index contributed by atoms with van der Waals surface area (Å²) in [5.74, 6) is -3.95. The van der Waals surface area contributed by atoms with Gasteiger partial charge in [0.05, 0.1) is 23.2 Å². The maximum Gasteiger partial charge on any atom is 0.311 e. The highest BCUT2D eigenvalue weighted by Crippen LogP contribution is 2.31. The zero-order valence-electron chi connectivity index (χ0n) is 40.1. The van der Waals surface area contributed by atoms with Crippen LogP contribution in [0.5, 0.6) is 0 Å². The van der Waals surface area contributed by atoms with Crippen molar-refractivity contribution in [3.8, 4) is 0 Å². The fourth-order valence-corrected chi connectivity index (χ4v) is 6.40. The Morgan fingerprint density at radius 1 is 0.758 bits per heavy atom. The van der Waals surface area contributed by atoms with Gasteiger partial charge >= 0.3 is 5.97 Å². The number of anilines is 1. The van der Waals surface area contributed by atoms with Crippen molar-refractivity contribution in [2.45, 2.75) is 159 Å². The van der Waals surface area contributed by atoms with Crippen LogP contribution in [0.4, 0.5) is 5.69 Å². The molecule has 15 heteroatoms. The van der Waals surface area contributed by atoms with Gasteiger partial charge in [0.15, 0.2) is 0 Å². The number of nitrogens with zero attached hydrogens (tertiary/aromatic N) is 2. The van der Waals surface area contributed by atoms with Crippen molar-refractivity contribution in [2.24, 2.45) is 16.7 Å². The van der Waals surface area contributed by atoms with Crippen molar-refractivity contribution in [2.75, 3.05) is 38.2 Å². The van der Waals surface area contributed by atoms with Gasteiger partial charge in [-0.1, -0.05) is 33.8 Å². The maximum atomic E-state index is 13.6. The van der Waals surface area contributed by atoms with E-state index in [4.69, 9.17) is 14.2 Å². The van der Waals surface area contributed by atoms with Crippen LogP contribution in [0.2, 0.25) is 0 Å². The van der Waals surface area contributed by atoms with Crippen LogP contribution in [0, 0.1) is 16.7 Å². The van der Waals surface area contributed by atoms with E-state index in [0.29, 0.717) is 31.7 Å². The number of imide groups is 1. The summed E-state index contributed by atoms with van der Waals surface area (Å²) in [7, 11) is 0. The molecule has 6 amide bonds. The molecule has 2 rings (SSSR count). The minimum atomic E-state index is -0.996. The average molecular weight is 870 g/mol. The van der Waals surface area contributed by atoms with Crippen LogP contribution in [0.3, 0.4) is 0 Å². The van der Waals surface area contributed by atoms with Gasteiger partial charge in [0.2, 0.25) is 23.6 Å². The first-order valence-corrected chi connectivity index (χ1v) is 21.6. The first-order chi connectivity index (χ1) is 28.3. The molecule has 0 spiro atoms. The molecule has 0 aliphatic carbocycles. The van der Waals surface area contributed by atoms with Crippen molar-refractivity contribution in [1.82, 2.24) is 20.4 Å². The first-order valence-electron chi connectivity index (χ1n) is 21.6. The van der Waals surface area contributed by atoms with Crippen LogP contribution < -0.4 is 16.0 Å². The van der Waals surface area contributed by atoms with E-state index in [-0.39, 0.29) is 49.0 Å². The Balaban J connectivity index is 2.14. The molecule has 1 aliphatic rings. The minimum absolute atomic E-state index is 0.0622. The second-order valence-electron chi connectivity index (χ2n) is 20.8. The number of amides is 6. The molecule has 62 heavy (non-hydrogen) atoms. The molecule has 0 aromatic heterocycles. The Kier molecular flexibility index (Phi) is 19.1. The van der Waals surface area contributed by atoms with Crippen LogP contribution in [0.1, 0.15) is 134 Å². The van der Waals surface area contributed by atoms with Crippen molar-refractivity contribution >= 4 is 47.1 Å². The van der Waals surface area contributed by atoms with Gasteiger partial charge < -0.3 is 35.1 Å². The molecule has 0 bridgehead atoms. The van der Waals surface area contributed by atoms with E-state index in [1.807, 2.05) is 67.5 Å². The lowest BCUT2D eigenvalue weighted by Crippen LogP contribution is -2.54. The molecular weight excluding hydrogens is 795 g/mol. The molecule has 0 radical (unpaired) electrons. The smallest absolute Gasteiger partial charge is 0.311 e. The Hall–Kier alpha value is -4.63. The highest BCUT2D eigenvalue weighted by Gasteiger charge is 2.36. The molecule has 1 aromatic carbocycles. The molecule has 0 fully saturated rings. The molecule has 0 saturated carbocycles. The molecule has 1 unspecified atom stereocenters. The number of carbonyl (C=O) groups excluding carboxylic acids is 7. The molecule has 15 nitrogen and oxygen atoms in total. The standard InChI is InChI=1S/C47H75N5O10/c1-31(2)40(50-35(53)20-23-52(47(14,15)22-25-62-45(9,10)11)39(57)29-51-37(55)18-19-38(51)56)41(58)48-28-36(54)49-34-17-16-32(30-60-42(59)43(3,4)5)33(26-34)27-46(12,13)21-24-61-44(6,7)8/h16-19,26,31,40H,20-25,27-30H2,1-15H3,(H,48,58)(H,49,54)(H,50,53). The number of benzene rings is 1. The van der Waals surface area contributed by atoms with Crippen molar-refractivity contribution in [1.29, 1.82) is 0 Å². The quantitative estimate of drug-likeness (QED) is 0.0939. The van der Waals surface area contributed by atoms with E-state index in [1.165, 1.54) is 4.90 Å². The molecular formula is C47H75N5O10. The van der Waals surface area contributed by atoms with E-state index in [0.717, 1.165) is 34.6 Å². The zero-order valence-corrected chi connectivity index (χ0v) is 40.1. The summed E-state index contributed by atoms with van der Waals surface area (Å²) in [5, 5.41) is 8.24. The maximum absolute atomic E-state index is 13.6. The third-order valence-electron chi connectivity index (χ3n) is 10.2. The van der Waals surface area contributed by atoms with Crippen molar-refractivity contribution in [3.05, 3.63) is 41.5 Å². The number of rotatable bonds is 22. The van der Waals surface area contributed by atoms with Crippen LogP contribution in [0.25, 0.3) is 0 Å². The predicted octanol–water partition coefficient (Wildman–Crippen LogP) is 5.87. The lowest BCUT2D eigenvalue weighted by Gasteiger charge is -2.40. The largest absolute Gasteiger partial charge is 0.460 e. The lowest BCUT2D eigenvalue weighted by atomic mass is 9.81. The summed E-state index contributed by atoms with van der Waals surface area (Å²) in [4.78, 5) is 93.1. The Morgan fingerprint density at radius 2 is 1.32 bits per heavy atom. The van der Waals surface area contributed by atoms with Gasteiger partial charge in [-0.3, -0.25) is 38.5 Å². The third kappa shape index (κ3) is 18.8. The summed E-state index contributed by atoms with van der Waals surface area (Å²) < 4.78 is 17.6. The van der Waals surface area contributed by atoms with Gasteiger partial charge in [0.25, 0.3) is 11.8 Å². The SMILES string of the molecule is CC(C)C(NC(=O)CCN(C(=O)CN1C(=O)C=CC1=O)C(C)(C)CCOC(C)(C)C)C(=O)NCC(=O)Nc1ccc(COC(=O)C(C)(C)C)c(CC(C)(C)CCOC(C)(C)C)c1. The molecule has 348 valence electrons. The number of carbonyl (C=O) groups is 7. The van der Waals surface area contributed by atoms with Gasteiger partial charge in [-0.15, -0.1) is 0 Å². The van der Waals surface area contributed by atoms with Crippen LogP contribution in [-0.2, 0) is 60.8 Å². The monoisotopic (exact) mass is 870 g/mol. The van der Waals surface area contributed by atoms with Gasteiger partial charge in [-0.2, -0.15) is 0 Å². The molecule has 1 aromatic rings. The fraction of sp³-hybridized carbons (Fsp3) is 0.681. The third-order valence-corrected chi connectivity index (χ3v) is 10.2. The number of hydrogen-bond acceptors (Lipinski definition) is 10. The summed E-state index contributed by atoms with van der Waals surface area (Å²) in [6.07, 6.45) is 3.82. The summed E-state index contributed by atoms with van der Waals surface area (Å²) in [6, 6.07) is 4.41. The lowest BCUT2D eigenvalue weighted by molar-refractivity contribution is -0.154. The molecule has 1 aliphatic heterocycles. The molecule has 3 N–H and O–H groups in total. The van der Waals surface area contributed by atoms with Crippen molar-refractivity contribution in [3.63, 3.8) is 0 Å². The predicted molar refractivity (Wildman–Crippen MR) is 238 cm³/mol. The summed E-state index contributed by atoms with van der Waals surface area (Å²) in [5.41, 5.74) is -0.175. The van der Waals surface area contributed by atoms with Gasteiger partial charge in [-0.05, 0) is 130 Å².